The van der Waals surface area contributed by atoms with E-state index in [1.165, 1.54) is 10.6 Å². The van der Waals surface area contributed by atoms with Crippen molar-refractivity contribution in [3.8, 4) is 5.75 Å². The van der Waals surface area contributed by atoms with Crippen molar-refractivity contribution in [3.05, 3.63) is 29.3 Å². The smallest absolute Gasteiger partial charge is 0.220 e. The first kappa shape index (κ1) is 23.0. The highest BCUT2D eigenvalue weighted by Gasteiger charge is 2.22. The number of ether oxygens (including phenoxy) is 1. The highest BCUT2D eigenvalue weighted by molar-refractivity contribution is 7.88. The van der Waals surface area contributed by atoms with Crippen molar-refractivity contribution >= 4 is 15.9 Å². The molecule has 0 saturated carbocycles. The number of hydrogen-bond donors (Lipinski definition) is 1. The predicted molar refractivity (Wildman–Crippen MR) is 117 cm³/mol. The van der Waals surface area contributed by atoms with Crippen LogP contribution in [-0.4, -0.2) is 94.2 Å². The summed E-state index contributed by atoms with van der Waals surface area (Å²) in [5, 5.41) is 3.01. The fraction of sp³-hybridized carbons (Fsp3) is 0.667. The predicted octanol–water partition coefficient (Wildman–Crippen LogP) is 0.527. The largest absolute Gasteiger partial charge is 0.492 e. The number of carbonyl (C=O) groups excluding carboxylic acids is 1. The summed E-state index contributed by atoms with van der Waals surface area (Å²) in [6.45, 7) is 7.14. The van der Waals surface area contributed by atoms with Crippen LogP contribution in [0.3, 0.4) is 0 Å². The maximum absolute atomic E-state index is 12.2. The van der Waals surface area contributed by atoms with E-state index in [0.717, 1.165) is 56.0 Å². The second-order valence-corrected chi connectivity index (χ2v) is 10.2. The van der Waals surface area contributed by atoms with Crippen LogP contribution in [0.2, 0.25) is 0 Å². The van der Waals surface area contributed by atoms with Crippen LogP contribution in [0.25, 0.3) is 0 Å². The molecule has 1 saturated heterocycles. The molecule has 1 amide bonds. The third-order valence-electron chi connectivity index (χ3n) is 5.75. The van der Waals surface area contributed by atoms with E-state index in [-0.39, 0.29) is 5.91 Å². The van der Waals surface area contributed by atoms with Crippen LogP contribution < -0.4 is 10.1 Å². The highest BCUT2D eigenvalue weighted by atomic mass is 32.2. The molecule has 3 rings (SSSR count). The molecule has 2 aliphatic rings. The third kappa shape index (κ3) is 6.94. The van der Waals surface area contributed by atoms with Crippen LogP contribution in [0, 0.1) is 0 Å². The summed E-state index contributed by atoms with van der Waals surface area (Å²) in [5.74, 6) is 0.774. The Balaban J connectivity index is 1.41. The maximum Gasteiger partial charge on any atom is 0.220 e. The lowest BCUT2D eigenvalue weighted by molar-refractivity contribution is -0.121. The van der Waals surface area contributed by atoms with Gasteiger partial charge in [0.15, 0.2) is 0 Å². The summed E-state index contributed by atoms with van der Waals surface area (Å²) in [7, 11) is -1.12. The Bertz CT molecular complexity index is 822. The van der Waals surface area contributed by atoms with Crippen LogP contribution in [0.5, 0.6) is 5.75 Å². The van der Waals surface area contributed by atoms with Gasteiger partial charge in [-0.15, -0.1) is 0 Å². The lowest BCUT2D eigenvalue weighted by Crippen LogP contribution is -2.45. The van der Waals surface area contributed by atoms with Crippen molar-refractivity contribution in [2.75, 3.05) is 65.7 Å². The second kappa shape index (κ2) is 10.6. The molecule has 0 spiro atoms. The molecule has 2 heterocycles. The maximum atomic E-state index is 12.2. The van der Waals surface area contributed by atoms with E-state index >= 15 is 0 Å². The van der Waals surface area contributed by atoms with Gasteiger partial charge in [0, 0.05) is 57.8 Å². The number of carbonyl (C=O) groups is 1. The summed E-state index contributed by atoms with van der Waals surface area (Å²) in [6.07, 6.45) is 3.23. The van der Waals surface area contributed by atoms with Crippen LogP contribution in [0.4, 0.5) is 0 Å². The van der Waals surface area contributed by atoms with Gasteiger partial charge in [-0.25, -0.2) is 8.42 Å². The first-order chi connectivity index (χ1) is 14.3. The van der Waals surface area contributed by atoms with Gasteiger partial charge in [-0.1, -0.05) is 12.1 Å². The van der Waals surface area contributed by atoms with Gasteiger partial charge in [0.1, 0.15) is 12.4 Å². The van der Waals surface area contributed by atoms with Crippen molar-refractivity contribution < 1.29 is 17.9 Å². The molecule has 2 aliphatic heterocycles. The van der Waals surface area contributed by atoms with Crippen LogP contribution in [0.15, 0.2) is 18.2 Å². The normalized spacial score (nSPS) is 19.0. The van der Waals surface area contributed by atoms with Crippen molar-refractivity contribution in [3.63, 3.8) is 0 Å². The zero-order chi connectivity index (χ0) is 21.6. The number of sulfonamides is 1. The molecular weight excluding hydrogens is 404 g/mol. The molecule has 168 valence electrons. The van der Waals surface area contributed by atoms with Gasteiger partial charge in [-0.05, 0) is 38.1 Å². The van der Waals surface area contributed by atoms with E-state index in [1.54, 1.807) is 0 Å². The molecular formula is C21H34N4O4S. The van der Waals surface area contributed by atoms with Crippen LogP contribution in [-0.2, 0) is 27.8 Å². The SMILES string of the molecule is CN1CCN(CCCNC(=O)CCc2ccc3c(c2)CN(S(C)(=O)=O)CCO3)CC1. The molecule has 0 aliphatic carbocycles. The lowest BCUT2D eigenvalue weighted by atomic mass is 10.1. The average Bonchev–Trinajstić information content (AvgIpc) is 2.93. The minimum absolute atomic E-state index is 0.0531. The van der Waals surface area contributed by atoms with Crippen molar-refractivity contribution in [2.45, 2.75) is 25.8 Å². The van der Waals surface area contributed by atoms with Gasteiger partial charge >= 0.3 is 0 Å². The second-order valence-electron chi connectivity index (χ2n) is 8.24. The molecule has 0 atom stereocenters. The monoisotopic (exact) mass is 438 g/mol. The number of fused-ring (bicyclic) bond motifs is 1. The number of benzene rings is 1. The van der Waals surface area contributed by atoms with Crippen molar-refractivity contribution in [1.82, 2.24) is 19.4 Å². The summed E-state index contributed by atoms with van der Waals surface area (Å²) in [4.78, 5) is 17.0. The Labute approximate surface area is 180 Å². The number of aryl methyl sites for hydroxylation is 1. The summed E-state index contributed by atoms with van der Waals surface area (Å²) in [5.41, 5.74) is 1.86. The molecule has 0 radical (unpaired) electrons. The number of hydrogen-bond acceptors (Lipinski definition) is 6. The van der Waals surface area contributed by atoms with E-state index in [2.05, 4.69) is 22.2 Å². The molecule has 9 heteroatoms. The number of amides is 1. The Morgan fingerprint density at radius 2 is 1.93 bits per heavy atom. The standard InChI is InChI=1S/C21H34N4O4S/c1-23-10-12-24(13-11-23)9-3-8-22-21(26)7-5-18-4-6-20-19(16-18)17-25(14-15-29-20)30(2,27)28/h4,6,16H,3,5,7-15,17H2,1-2H3,(H,22,26). The number of nitrogens with one attached hydrogen (secondary N) is 1. The van der Waals surface area contributed by atoms with Gasteiger partial charge in [0.25, 0.3) is 0 Å². The Hall–Kier alpha value is -1.68. The molecule has 1 N–H and O–H groups in total. The lowest BCUT2D eigenvalue weighted by Gasteiger charge is -2.32. The summed E-state index contributed by atoms with van der Waals surface area (Å²) >= 11 is 0. The molecule has 30 heavy (non-hydrogen) atoms. The fourth-order valence-electron chi connectivity index (χ4n) is 3.81. The minimum Gasteiger partial charge on any atom is -0.492 e. The zero-order valence-electron chi connectivity index (χ0n) is 18.1. The first-order valence-corrected chi connectivity index (χ1v) is 12.5. The van der Waals surface area contributed by atoms with E-state index in [9.17, 15) is 13.2 Å². The summed E-state index contributed by atoms with van der Waals surface area (Å²) in [6, 6.07) is 5.79. The van der Waals surface area contributed by atoms with Crippen LogP contribution in [0.1, 0.15) is 24.0 Å². The van der Waals surface area contributed by atoms with Gasteiger partial charge in [0.05, 0.1) is 6.26 Å². The summed E-state index contributed by atoms with van der Waals surface area (Å²) < 4.78 is 30.9. The Morgan fingerprint density at radius 3 is 2.67 bits per heavy atom. The van der Waals surface area contributed by atoms with Gasteiger partial charge in [-0.3, -0.25) is 4.79 Å². The number of likely N-dealkylation sites (N-methyl/N-ethyl adjacent to an activating group) is 1. The van der Waals surface area contributed by atoms with Gasteiger partial charge in [0.2, 0.25) is 15.9 Å². The molecule has 0 unspecified atom stereocenters. The van der Waals surface area contributed by atoms with E-state index in [0.29, 0.717) is 39.1 Å². The van der Waals surface area contributed by atoms with E-state index < -0.39 is 10.0 Å². The Morgan fingerprint density at radius 1 is 1.17 bits per heavy atom. The average molecular weight is 439 g/mol. The van der Waals surface area contributed by atoms with Gasteiger partial charge in [-0.2, -0.15) is 4.31 Å². The third-order valence-corrected chi connectivity index (χ3v) is 7.00. The van der Waals surface area contributed by atoms with Crippen LogP contribution >= 0.6 is 0 Å². The zero-order valence-corrected chi connectivity index (χ0v) is 18.9. The molecule has 8 nitrogen and oxygen atoms in total. The minimum atomic E-state index is -3.27. The number of nitrogens with zero attached hydrogens (tertiary/aromatic N) is 3. The van der Waals surface area contributed by atoms with E-state index in [1.807, 2.05) is 18.2 Å². The topological polar surface area (TPSA) is 82.2 Å². The Kier molecular flexibility index (Phi) is 8.10. The molecule has 0 bridgehead atoms. The quantitative estimate of drug-likeness (QED) is 0.596. The van der Waals surface area contributed by atoms with Gasteiger partial charge < -0.3 is 19.9 Å². The van der Waals surface area contributed by atoms with Crippen molar-refractivity contribution in [2.24, 2.45) is 0 Å². The first-order valence-electron chi connectivity index (χ1n) is 10.7. The molecule has 1 fully saturated rings. The number of piperazine rings is 1. The fourth-order valence-corrected chi connectivity index (χ4v) is 4.59. The van der Waals surface area contributed by atoms with E-state index in [4.69, 9.17) is 4.74 Å². The number of rotatable bonds is 8. The molecule has 1 aromatic carbocycles. The molecule has 1 aromatic rings. The highest BCUT2D eigenvalue weighted by Crippen LogP contribution is 2.25. The van der Waals surface area contributed by atoms with Crippen molar-refractivity contribution in [1.29, 1.82) is 0 Å². The molecule has 0 aromatic heterocycles.